The normalized spacial score (nSPS) is 12.3. The van der Waals surface area contributed by atoms with Crippen LogP contribution in [0.25, 0.3) is 0 Å². The maximum absolute atomic E-state index is 11.0. The molecule has 0 aliphatic heterocycles. The number of nitrogens with two attached hydrogens (primary N) is 1. The molecular weight excluding hydrogens is 308 g/mol. The Morgan fingerprint density at radius 3 is 2.74 bits per heavy atom. The van der Waals surface area contributed by atoms with Gasteiger partial charge in [-0.1, -0.05) is 25.1 Å². The number of hydrogen-bond donors (Lipinski definition) is 1. The number of nitrogens with zero attached hydrogens (tertiary/aromatic N) is 1. The van der Waals surface area contributed by atoms with Gasteiger partial charge >= 0.3 is 0 Å². The summed E-state index contributed by atoms with van der Waals surface area (Å²) in [5.74, 6) is 0.266. The average molecular weight is 332 g/mol. The van der Waals surface area contributed by atoms with Crippen LogP contribution in [0.1, 0.15) is 31.4 Å². The standard InChI is InChI=1S/C18H24N2O2S/c1-3-14(2)20(10-15-8-9-23-13-15)11-16-6-4-5-7-17(16)22-12-18(19)21/h4-9,13-14H,3,10-12H2,1-2H3,(H2,19,21). The van der Waals surface area contributed by atoms with Gasteiger partial charge in [-0.25, -0.2) is 0 Å². The lowest BCUT2D eigenvalue weighted by atomic mass is 10.1. The monoisotopic (exact) mass is 332 g/mol. The zero-order chi connectivity index (χ0) is 16.7. The van der Waals surface area contributed by atoms with Crippen molar-refractivity contribution < 1.29 is 9.53 Å². The Morgan fingerprint density at radius 2 is 2.09 bits per heavy atom. The summed E-state index contributed by atoms with van der Waals surface area (Å²) in [6.45, 7) is 6.02. The fourth-order valence-electron chi connectivity index (χ4n) is 2.39. The quantitative estimate of drug-likeness (QED) is 0.765. The zero-order valence-corrected chi connectivity index (χ0v) is 14.5. The largest absolute Gasteiger partial charge is 0.483 e. The number of rotatable bonds is 9. The first-order chi connectivity index (χ1) is 11.1. The molecule has 1 amide bonds. The molecule has 2 N–H and O–H groups in total. The second kappa shape index (κ2) is 8.70. The number of benzene rings is 1. The van der Waals surface area contributed by atoms with Gasteiger partial charge < -0.3 is 10.5 Å². The molecule has 2 rings (SSSR count). The minimum atomic E-state index is -0.461. The molecule has 1 unspecified atom stereocenters. The molecule has 2 aromatic rings. The van der Waals surface area contributed by atoms with Crippen molar-refractivity contribution in [3.63, 3.8) is 0 Å². The molecule has 0 fully saturated rings. The Labute approximate surface area is 141 Å². The minimum absolute atomic E-state index is 0.0924. The van der Waals surface area contributed by atoms with Crippen molar-refractivity contribution in [3.05, 3.63) is 52.2 Å². The van der Waals surface area contributed by atoms with Crippen molar-refractivity contribution in [1.82, 2.24) is 4.90 Å². The first-order valence-electron chi connectivity index (χ1n) is 7.84. The van der Waals surface area contributed by atoms with Gasteiger partial charge in [0.2, 0.25) is 0 Å². The number of hydrogen-bond acceptors (Lipinski definition) is 4. The average Bonchev–Trinajstić information content (AvgIpc) is 3.05. The molecule has 0 bridgehead atoms. The Kier molecular flexibility index (Phi) is 6.62. The highest BCUT2D eigenvalue weighted by Gasteiger charge is 2.16. The lowest BCUT2D eigenvalue weighted by Crippen LogP contribution is -2.31. The van der Waals surface area contributed by atoms with E-state index in [1.54, 1.807) is 11.3 Å². The molecule has 0 aliphatic rings. The predicted molar refractivity (Wildman–Crippen MR) is 94.5 cm³/mol. The van der Waals surface area contributed by atoms with Crippen molar-refractivity contribution in [2.75, 3.05) is 6.61 Å². The van der Waals surface area contributed by atoms with Gasteiger partial charge in [-0.2, -0.15) is 11.3 Å². The summed E-state index contributed by atoms with van der Waals surface area (Å²) < 4.78 is 5.55. The van der Waals surface area contributed by atoms with Gasteiger partial charge in [0, 0.05) is 24.7 Å². The molecule has 124 valence electrons. The molecule has 23 heavy (non-hydrogen) atoms. The summed E-state index contributed by atoms with van der Waals surface area (Å²) in [6.07, 6.45) is 1.08. The van der Waals surface area contributed by atoms with E-state index in [1.807, 2.05) is 24.3 Å². The summed E-state index contributed by atoms with van der Waals surface area (Å²) in [5, 5.41) is 4.29. The van der Waals surface area contributed by atoms with Gasteiger partial charge in [0.05, 0.1) is 0 Å². The van der Waals surface area contributed by atoms with E-state index >= 15 is 0 Å². The number of carbonyl (C=O) groups is 1. The number of thiophene rings is 1. The van der Waals surface area contributed by atoms with Crippen molar-refractivity contribution in [2.24, 2.45) is 5.73 Å². The van der Waals surface area contributed by atoms with Gasteiger partial charge in [-0.05, 0) is 41.8 Å². The van der Waals surface area contributed by atoms with Gasteiger partial charge in [0.15, 0.2) is 6.61 Å². The van der Waals surface area contributed by atoms with Gasteiger partial charge in [-0.15, -0.1) is 0 Å². The van der Waals surface area contributed by atoms with E-state index in [-0.39, 0.29) is 6.61 Å². The second-order valence-electron chi connectivity index (χ2n) is 5.66. The number of carbonyl (C=O) groups excluding carboxylic acids is 1. The van der Waals surface area contributed by atoms with E-state index < -0.39 is 5.91 Å². The summed E-state index contributed by atoms with van der Waals surface area (Å²) >= 11 is 1.72. The number of amides is 1. The fraction of sp³-hybridized carbons (Fsp3) is 0.389. The molecule has 0 saturated carbocycles. The predicted octanol–water partition coefficient (Wildman–Crippen LogP) is 3.41. The molecule has 4 nitrogen and oxygen atoms in total. The van der Waals surface area contributed by atoms with E-state index in [1.165, 1.54) is 5.56 Å². The fourth-order valence-corrected chi connectivity index (χ4v) is 3.05. The molecule has 1 aromatic carbocycles. The SMILES string of the molecule is CCC(C)N(Cc1ccsc1)Cc1ccccc1OCC(N)=O. The Bertz CT molecular complexity index is 613. The summed E-state index contributed by atoms with van der Waals surface area (Å²) in [6, 6.07) is 10.4. The van der Waals surface area contributed by atoms with Crippen LogP contribution < -0.4 is 10.5 Å². The van der Waals surface area contributed by atoms with E-state index in [9.17, 15) is 4.79 Å². The van der Waals surface area contributed by atoms with Crippen molar-refractivity contribution in [3.8, 4) is 5.75 Å². The molecule has 0 spiro atoms. The van der Waals surface area contributed by atoms with Crippen LogP contribution in [0.5, 0.6) is 5.75 Å². The Balaban J connectivity index is 2.13. The van der Waals surface area contributed by atoms with Crippen molar-refractivity contribution >= 4 is 17.2 Å². The number of ether oxygens (including phenoxy) is 1. The van der Waals surface area contributed by atoms with E-state index in [0.29, 0.717) is 6.04 Å². The number of primary amides is 1. The summed E-state index contributed by atoms with van der Waals surface area (Å²) in [7, 11) is 0. The minimum Gasteiger partial charge on any atom is -0.483 e. The summed E-state index contributed by atoms with van der Waals surface area (Å²) in [4.78, 5) is 13.4. The Hall–Kier alpha value is -1.85. The molecule has 0 radical (unpaired) electrons. The van der Waals surface area contributed by atoms with Crippen LogP contribution in [0.15, 0.2) is 41.1 Å². The third kappa shape index (κ3) is 5.37. The number of para-hydroxylation sites is 1. The third-order valence-electron chi connectivity index (χ3n) is 3.90. The molecule has 0 saturated heterocycles. The van der Waals surface area contributed by atoms with Crippen LogP contribution in [-0.4, -0.2) is 23.5 Å². The van der Waals surface area contributed by atoms with Crippen molar-refractivity contribution in [2.45, 2.75) is 39.4 Å². The maximum atomic E-state index is 11.0. The van der Waals surface area contributed by atoms with Gasteiger partial charge in [-0.3, -0.25) is 9.69 Å². The first kappa shape index (κ1) is 17.5. The maximum Gasteiger partial charge on any atom is 0.255 e. The highest BCUT2D eigenvalue weighted by Crippen LogP contribution is 2.23. The highest BCUT2D eigenvalue weighted by atomic mass is 32.1. The van der Waals surface area contributed by atoms with E-state index in [4.69, 9.17) is 10.5 Å². The van der Waals surface area contributed by atoms with E-state index in [0.717, 1.165) is 30.8 Å². The molecular formula is C18H24N2O2S. The third-order valence-corrected chi connectivity index (χ3v) is 4.63. The molecule has 0 aliphatic carbocycles. The second-order valence-corrected chi connectivity index (χ2v) is 6.44. The lowest BCUT2D eigenvalue weighted by molar-refractivity contribution is -0.119. The smallest absolute Gasteiger partial charge is 0.255 e. The Morgan fingerprint density at radius 1 is 1.30 bits per heavy atom. The van der Waals surface area contributed by atoms with E-state index in [2.05, 4.69) is 35.6 Å². The molecule has 1 atom stereocenters. The van der Waals surface area contributed by atoms with Crippen LogP contribution in [0.3, 0.4) is 0 Å². The lowest BCUT2D eigenvalue weighted by Gasteiger charge is -2.29. The molecule has 1 heterocycles. The topological polar surface area (TPSA) is 55.6 Å². The van der Waals surface area contributed by atoms with Crippen LogP contribution in [0, 0.1) is 0 Å². The first-order valence-corrected chi connectivity index (χ1v) is 8.78. The molecule has 5 heteroatoms. The van der Waals surface area contributed by atoms with Crippen molar-refractivity contribution in [1.29, 1.82) is 0 Å². The summed E-state index contributed by atoms with van der Waals surface area (Å²) in [5.41, 5.74) is 7.58. The van der Waals surface area contributed by atoms with Crippen LogP contribution >= 0.6 is 11.3 Å². The molecule has 1 aromatic heterocycles. The van der Waals surface area contributed by atoms with Crippen LogP contribution in [-0.2, 0) is 17.9 Å². The van der Waals surface area contributed by atoms with Crippen LogP contribution in [0.2, 0.25) is 0 Å². The highest BCUT2D eigenvalue weighted by molar-refractivity contribution is 7.07. The zero-order valence-electron chi connectivity index (χ0n) is 13.7. The van der Waals surface area contributed by atoms with Crippen LogP contribution in [0.4, 0.5) is 0 Å². The van der Waals surface area contributed by atoms with Gasteiger partial charge in [0.25, 0.3) is 5.91 Å². The van der Waals surface area contributed by atoms with Gasteiger partial charge in [0.1, 0.15) is 5.75 Å².